The van der Waals surface area contributed by atoms with E-state index in [4.69, 9.17) is 32.3 Å². The molecule has 0 spiro atoms. The van der Waals surface area contributed by atoms with Crippen molar-refractivity contribution in [1.29, 1.82) is 0 Å². The van der Waals surface area contributed by atoms with E-state index in [1.165, 1.54) is 141 Å². The second-order valence-corrected chi connectivity index (χ2v) is 32.9. The molecule has 115 heavy (non-hydrogen) atoms. The van der Waals surface area contributed by atoms with Crippen LogP contribution in [-0.2, 0) is 55.8 Å². The van der Waals surface area contributed by atoms with Gasteiger partial charge >= 0.3 is 33.6 Å². The van der Waals surface area contributed by atoms with Crippen molar-refractivity contribution < 1.29 is 75.8 Å². The van der Waals surface area contributed by atoms with Gasteiger partial charge in [0.1, 0.15) is 25.4 Å². The number of carbonyl (C=O) groups excluding carboxylic acids is 3. The van der Waals surface area contributed by atoms with Crippen LogP contribution in [0.4, 0.5) is 0 Å². The maximum Gasteiger partial charge on any atom is 0.472 e. The Balaban J connectivity index is 4.48. The number of rotatable bonds is 85. The van der Waals surface area contributed by atoms with Crippen molar-refractivity contribution >= 4 is 33.6 Å². The number of phosphoric ester groups is 2. The average Bonchev–Trinajstić information content (AvgIpc) is 0.926. The smallest absolute Gasteiger partial charge is 0.463 e. The molecule has 0 saturated heterocycles. The van der Waals surface area contributed by atoms with E-state index in [2.05, 4.69) is 191 Å². The van der Waals surface area contributed by atoms with Crippen LogP contribution in [0.25, 0.3) is 0 Å². The molecule has 0 radical (unpaired) electrons. The monoisotopic (exact) mass is 1650 g/mol. The van der Waals surface area contributed by atoms with Gasteiger partial charge in [0.15, 0.2) is 6.10 Å². The largest absolute Gasteiger partial charge is 0.472 e. The molecule has 0 aliphatic heterocycles. The number of unbranched alkanes of at least 4 members (excludes halogenated alkanes) is 34. The van der Waals surface area contributed by atoms with Gasteiger partial charge in [-0.15, -0.1) is 0 Å². The second-order valence-electron chi connectivity index (χ2n) is 30.0. The molecule has 4 N–H and O–H groups in total. The highest BCUT2D eigenvalue weighted by Gasteiger charge is 2.29. The summed E-state index contributed by atoms with van der Waals surface area (Å²) in [6.45, 7) is 2.34. The minimum Gasteiger partial charge on any atom is -0.463 e. The SMILES string of the molecule is CC/C=C\C/C=C\C/C=C\C/C=C\C/C=C\CCCCCCCCCCCCCCCCCCCCCC(=O)OCC(O)COP(=O)(O)OCC(O)COP(=O)(O)OCC(COC(=O)CCCCCCCCCCCCC/C=C\C/C=C\C/C=C\C/C=C\C/C=C\CC)OC(=O)CCCCCC/C=C\C/C=C\C/C=C\C/C=C\CC. The lowest BCUT2D eigenvalue weighted by Gasteiger charge is -2.21. The Morgan fingerprint density at radius 2 is 0.435 bits per heavy atom. The first-order valence-corrected chi connectivity index (χ1v) is 48.4. The highest BCUT2D eigenvalue weighted by Crippen LogP contribution is 2.45. The van der Waals surface area contributed by atoms with Crippen LogP contribution in [0, 0.1) is 0 Å². The van der Waals surface area contributed by atoms with Crippen LogP contribution >= 0.6 is 15.6 Å². The van der Waals surface area contributed by atoms with Gasteiger partial charge in [0, 0.05) is 19.3 Å². The molecule has 0 fully saturated rings. The molecule has 0 saturated carbocycles. The lowest BCUT2D eigenvalue weighted by molar-refractivity contribution is -0.161. The molecular weight excluding hydrogens is 1480 g/mol. The summed E-state index contributed by atoms with van der Waals surface area (Å²) in [5.74, 6) is -1.60. The first kappa shape index (κ1) is 110. The Bertz CT molecular complexity index is 2770. The number of carbonyl (C=O) groups is 3. The topological polar surface area (TPSA) is 231 Å². The zero-order chi connectivity index (χ0) is 83.6. The van der Waals surface area contributed by atoms with Crippen molar-refractivity contribution in [2.75, 3.05) is 39.6 Å². The molecular formula is C97H164O16P2. The highest BCUT2D eigenvalue weighted by atomic mass is 31.2. The summed E-state index contributed by atoms with van der Waals surface area (Å²) in [6, 6.07) is 0. The van der Waals surface area contributed by atoms with Crippen molar-refractivity contribution in [2.24, 2.45) is 0 Å². The molecule has 16 nitrogen and oxygen atoms in total. The first-order valence-electron chi connectivity index (χ1n) is 45.4. The quantitative estimate of drug-likeness (QED) is 0.0146. The van der Waals surface area contributed by atoms with Crippen molar-refractivity contribution in [2.45, 2.75) is 386 Å². The van der Waals surface area contributed by atoms with E-state index in [0.717, 1.165) is 167 Å². The van der Waals surface area contributed by atoms with Crippen LogP contribution < -0.4 is 0 Å². The van der Waals surface area contributed by atoms with Gasteiger partial charge in [-0.3, -0.25) is 32.5 Å². The maximum absolute atomic E-state index is 13.0. The fraction of sp³-hybridized carbons (Fsp3) is 0.680. The van der Waals surface area contributed by atoms with Gasteiger partial charge in [-0.2, -0.15) is 0 Å². The molecule has 5 atom stereocenters. The highest BCUT2D eigenvalue weighted by molar-refractivity contribution is 7.47. The summed E-state index contributed by atoms with van der Waals surface area (Å²) >= 11 is 0. The van der Waals surface area contributed by atoms with Crippen LogP contribution in [0.3, 0.4) is 0 Å². The third-order valence-electron chi connectivity index (χ3n) is 18.9. The van der Waals surface area contributed by atoms with Crippen LogP contribution in [-0.4, -0.2) is 95.9 Å². The number of hydrogen-bond acceptors (Lipinski definition) is 14. The van der Waals surface area contributed by atoms with E-state index in [1.807, 2.05) is 0 Å². The summed E-state index contributed by atoms with van der Waals surface area (Å²) < 4.78 is 61.4. The van der Waals surface area contributed by atoms with Crippen molar-refractivity contribution in [3.05, 3.63) is 170 Å². The van der Waals surface area contributed by atoms with Gasteiger partial charge in [-0.05, 0) is 148 Å². The Labute approximate surface area is 701 Å². The Hall–Kier alpha value is -5.09. The molecule has 5 unspecified atom stereocenters. The predicted molar refractivity (Wildman–Crippen MR) is 482 cm³/mol. The molecule has 0 aromatic carbocycles. The summed E-state index contributed by atoms with van der Waals surface area (Å²) in [5, 5.41) is 20.7. The molecule has 0 bridgehead atoms. The zero-order valence-corrected chi connectivity index (χ0v) is 74.2. The minimum absolute atomic E-state index is 0.0721. The molecule has 0 amide bonds. The van der Waals surface area contributed by atoms with Crippen molar-refractivity contribution in [3.63, 3.8) is 0 Å². The number of esters is 3. The Morgan fingerprint density at radius 3 is 0.687 bits per heavy atom. The summed E-state index contributed by atoms with van der Waals surface area (Å²) in [6.07, 6.45) is 114. The lowest BCUT2D eigenvalue weighted by atomic mass is 10.0. The second kappa shape index (κ2) is 88.2. The van der Waals surface area contributed by atoms with E-state index in [0.29, 0.717) is 19.3 Å². The molecule has 0 aliphatic carbocycles. The first-order chi connectivity index (χ1) is 56.2. The molecule has 0 aliphatic rings. The minimum atomic E-state index is -4.95. The third-order valence-corrected chi connectivity index (χ3v) is 20.8. The third kappa shape index (κ3) is 89.5. The molecule has 18 heteroatoms. The predicted octanol–water partition coefficient (Wildman–Crippen LogP) is 27.9. The summed E-state index contributed by atoms with van der Waals surface area (Å²) in [5.41, 5.74) is 0. The van der Waals surface area contributed by atoms with Crippen LogP contribution in [0.1, 0.15) is 367 Å². The Morgan fingerprint density at radius 1 is 0.243 bits per heavy atom. The number of allylic oxidation sites excluding steroid dienone is 28. The van der Waals surface area contributed by atoms with Gasteiger partial charge in [-0.25, -0.2) is 9.13 Å². The molecule has 0 aromatic heterocycles. The fourth-order valence-corrected chi connectivity index (χ4v) is 13.7. The molecule has 658 valence electrons. The number of aliphatic hydroxyl groups excluding tert-OH is 2. The average molecular weight is 1650 g/mol. The zero-order valence-electron chi connectivity index (χ0n) is 72.4. The van der Waals surface area contributed by atoms with E-state index >= 15 is 0 Å². The van der Waals surface area contributed by atoms with Gasteiger partial charge in [-0.1, -0.05) is 371 Å². The van der Waals surface area contributed by atoms with Crippen molar-refractivity contribution in [1.82, 2.24) is 0 Å². The number of hydrogen-bond donors (Lipinski definition) is 4. The summed E-state index contributed by atoms with van der Waals surface area (Å²) in [4.78, 5) is 58.9. The fourth-order valence-electron chi connectivity index (χ4n) is 12.1. The van der Waals surface area contributed by atoms with Gasteiger partial charge in [0.05, 0.1) is 26.4 Å². The van der Waals surface area contributed by atoms with Crippen LogP contribution in [0.5, 0.6) is 0 Å². The van der Waals surface area contributed by atoms with Crippen molar-refractivity contribution in [3.8, 4) is 0 Å². The van der Waals surface area contributed by atoms with E-state index in [9.17, 15) is 43.5 Å². The molecule has 0 heterocycles. The maximum atomic E-state index is 13.0. The summed E-state index contributed by atoms with van der Waals surface area (Å²) in [7, 11) is -9.82. The van der Waals surface area contributed by atoms with E-state index in [1.54, 1.807) is 0 Å². The van der Waals surface area contributed by atoms with Crippen LogP contribution in [0.15, 0.2) is 170 Å². The normalized spacial score (nSPS) is 14.6. The standard InChI is InChI=1S/C97H164O16P2/c1-4-7-10-13-16-19-22-25-28-31-33-35-37-39-41-42-43-44-45-46-47-48-50-52-53-55-57-60-62-65-68-71-74-77-80-83-95(100)107-86-92(98)87-109-114(103,104)110-88-93(99)89-111-115(105,106)112-91-94(113-97(102)85-82-79-76-73-70-67-64-59-30-27-24-21-18-15-12-9-6-3)90-108-96(101)84-81-78-75-72-69-66-63-61-58-56-54-51-49-40-38-36-34-32-29-26-23-20-17-14-11-8-5-2/h7-12,16-21,25-30,33-36,39-41,49,64,67,92-94,98-99H,4-6,13-15,22-24,31-32,37-38,42-48,50-63,65-66,68-91H2,1-3H3,(H,103,104)(H,105,106)/b10-7-,11-8-,12-9-,19-16-,20-17-,21-18-,28-25-,29-26-,30-27-,35-33-,36-34-,41-39-,49-40-,67-64-. The number of aliphatic hydroxyl groups is 2. The molecule has 0 aromatic rings. The number of ether oxygens (including phenoxy) is 3. The number of phosphoric acid groups is 2. The van der Waals surface area contributed by atoms with Gasteiger partial charge in [0.2, 0.25) is 0 Å². The molecule has 0 rings (SSSR count). The van der Waals surface area contributed by atoms with Crippen LogP contribution in [0.2, 0.25) is 0 Å². The van der Waals surface area contributed by atoms with E-state index < -0.39 is 91.5 Å². The van der Waals surface area contributed by atoms with Gasteiger partial charge < -0.3 is 34.2 Å². The van der Waals surface area contributed by atoms with Gasteiger partial charge in [0.25, 0.3) is 0 Å². The van der Waals surface area contributed by atoms with E-state index in [-0.39, 0.29) is 19.3 Å². The Kier molecular flexibility index (Phi) is 84.3. The lowest BCUT2D eigenvalue weighted by Crippen LogP contribution is -2.30.